The van der Waals surface area contributed by atoms with Crippen molar-refractivity contribution in [2.24, 2.45) is 0 Å². The molecule has 0 aliphatic heterocycles. The summed E-state index contributed by atoms with van der Waals surface area (Å²) in [5, 5.41) is 0. The van der Waals surface area contributed by atoms with Crippen molar-refractivity contribution in [3.63, 3.8) is 0 Å². The number of benzene rings is 2. The minimum atomic E-state index is 0.772. The van der Waals surface area contributed by atoms with E-state index in [2.05, 4.69) is 78.7 Å². The largest absolute Gasteiger partial charge is 0.298 e. The van der Waals surface area contributed by atoms with Crippen molar-refractivity contribution in [2.45, 2.75) is 0 Å². The van der Waals surface area contributed by atoms with Gasteiger partial charge in [-0.25, -0.2) is 9.97 Å². The first-order valence-corrected chi connectivity index (χ1v) is 7.50. The van der Waals surface area contributed by atoms with Crippen molar-refractivity contribution in [3.8, 4) is 0 Å². The van der Waals surface area contributed by atoms with Crippen LogP contribution in [0.2, 0.25) is 0 Å². The lowest BCUT2D eigenvalue weighted by atomic mass is 10.2. The number of fused-ring (bicyclic) bond motifs is 2. The van der Waals surface area contributed by atoms with E-state index in [0.29, 0.717) is 0 Å². The van der Waals surface area contributed by atoms with Crippen LogP contribution in [0.1, 0.15) is 0 Å². The molecule has 0 bridgehead atoms. The van der Waals surface area contributed by atoms with Crippen LogP contribution in [0.5, 0.6) is 0 Å². The monoisotopic (exact) mass is 296 g/mol. The third-order valence-electron chi connectivity index (χ3n) is 3.95. The van der Waals surface area contributed by atoms with Crippen molar-refractivity contribution < 1.29 is 0 Å². The summed E-state index contributed by atoms with van der Waals surface area (Å²) in [6, 6.07) is 12.7. The predicted molar refractivity (Wildman–Crippen MR) is 96.2 cm³/mol. The van der Waals surface area contributed by atoms with Gasteiger partial charge in [-0.15, -0.1) is 0 Å². The second-order valence-corrected chi connectivity index (χ2v) is 7.59. The number of nitrogens with zero attached hydrogens (tertiary/aromatic N) is 4. The molecule has 1 aromatic heterocycles. The first-order valence-electron chi connectivity index (χ1n) is 7.50. The van der Waals surface area contributed by atoms with Gasteiger partial charge in [-0.05, 0) is 12.1 Å². The van der Waals surface area contributed by atoms with Crippen LogP contribution in [-0.2, 0) is 0 Å². The Bertz CT molecular complexity index is 785. The van der Waals surface area contributed by atoms with Gasteiger partial charge in [0.2, 0.25) is 0 Å². The van der Waals surface area contributed by atoms with Gasteiger partial charge in [-0.3, -0.25) is 8.97 Å². The highest BCUT2D eigenvalue weighted by atomic mass is 15.3. The third kappa shape index (κ3) is 2.67. The van der Waals surface area contributed by atoms with E-state index in [-0.39, 0.29) is 0 Å². The zero-order chi connectivity index (χ0) is 16.1. The van der Waals surface area contributed by atoms with E-state index in [0.717, 1.165) is 31.0 Å². The molecule has 4 heteroatoms. The van der Waals surface area contributed by atoms with Gasteiger partial charge in [0.1, 0.15) is 11.4 Å². The van der Waals surface area contributed by atoms with Crippen LogP contribution in [-0.4, -0.2) is 52.3 Å². The van der Waals surface area contributed by atoms with Crippen LogP contribution in [0.3, 0.4) is 0 Å². The zero-order valence-electron chi connectivity index (χ0n) is 14.3. The average molecular weight is 296 g/mol. The number of hydrogen-bond acceptors (Lipinski definition) is 2. The van der Waals surface area contributed by atoms with Crippen LogP contribution in [0, 0.1) is 0 Å². The van der Waals surface area contributed by atoms with Crippen molar-refractivity contribution in [1.82, 2.24) is 18.9 Å². The van der Waals surface area contributed by atoms with Gasteiger partial charge < -0.3 is 0 Å². The van der Waals surface area contributed by atoms with Gasteiger partial charge >= 0.3 is 0 Å². The van der Waals surface area contributed by atoms with Gasteiger partial charge in [0.25, 0.3) is 0 Å². The Morgan fingerprint density at radius 1 is 0.545 bits per heavy atom. The van der Waals surface area contributed by atoms with Crippen LogP contribution >= 0.6 is 0 Å². The average Bonchev–Trinajstić information content (AvgIpc) is 2.41. The second kappa shape index (κ2) is 4.73. The molecule has 0 saturated heterocycles. The molecule has 0 saturated carbocycles. The molecule has 0 fully saturated rings. The number of aromatic nitrogens is 2. The van der Waals surface area contributed by atoms with Crippen LogP contribution in [0.15, 0.2) is 36.4 Å². The highest BCUT2D eigenvalue weighted by Gasteiger charge is 2.16. The van der Waals surface area contributed by atoms with Crippen LogP contribution in [0.4, 0.5) is 11.4 Å². The lowest BCUT2D eigenvalue weighted by Gasteiger charge is -2.24. The topological polar surface area (TPSA) is 25.8 Å². The molecule has 4 nitrogen and oxygen atoms in total. The SMILES string of the molecule is C[N+](C)(C)c1ccc2nc3ccc([N+](C)(C)C)cc3nc2c1. The van der Waals surface area contributed by atoms with E-state index in [1.165, 1.54) is 11.4 Å². The first-order chi connectivity index (χ1) is 10.1. The van der Waals surface area contributed by atoms with Gasteiger partial charge in [0.05, 0.1) is 64.4 Å². The quantitative estimate of drug-likeness (QED) is 0.536. The van der Waals surface area contributed by atoms with Crippen molar-refractivity contribution in [3.05, 3.63) is 36.4 Å². The van der Waals surface area contributed by atoms with E-state index in [1.807, 2.05) is 0 Å². The summed E-state index contributed by atoms with van der Waals surface area (Å²) in [4.78, 5) is 9.59. The summed E-state index contributed by atoms with van der Waals surface area (Å²) in [7, 11) is 12.9. The summed E-state index contributed by atoms with van der Waals surface area (Å²) in [5.41, 5.74) is 6.26. The molecule has 0 aliphatic rings. The molecule has 114 valence electrons. The standard InChI is InChI=1S/C18H24N4/c1-21(2,3)13-7-9-15-17(11-13)20-18-12-14(22(4,5)6)8-10-16(18)19-15/h7-12H,1-6H3/q+2. The first kappa shape index (κ1) is 14.9. The van der Waals surface area contributed by atoms with E-state index >= 15 is 0 Å². The Morgan fingerprint density at radius 2 is 0.909 bits per heavy atom. The minimum absolute atomic E-state index is 0.772. The zero-order valence-corrected chi connectivity index (χ0v) is 14.3. The van der Waals surface area contributed by atoms with Crippen LogP contribution in [0.25, 0.3) is 22.1 Å². The molecule has 0 atom stereocenters. The molecular weight excluding hydrogens is 272 g/mol. The van der Waals surface area contributed by atoms with Gasteiger partial charge in [0, 0.05) is 24.3 Å². The molecule has 3 aromatic rings. The third-order valence-corrected chi connectivity index (χ3v) is 3.95. The summed E-state index contributed by atoms with van der Waals surface area (Å²) in [6.07, 6.45) is 0. The predicted octanol–water partition coefficient (Wildman–Crippen LogP) is 3.18. The fourth-order valence-corrected chi connectivity index (χ4v) is 2.49. The van der Waals surface area contributed by atoms with Crippen molar-refractivity contribution in [2.75, 3.05) is 42.3 Å². The maximum Gasteiger partial charge on any atom is 0.134 e. The molecule has 0 spiro atoms. The van der Waals surface area contributed by atoms with Gasteiger partial charge in [-0.1, -0.05) is 0 Å². The number of quaternary nitrogens is 2. The lowest BCUT2D eigenvalue weighted by molar-refractivity contribution is 0.487. The van der Waals surface area contributed by atoms with Gasteiger partial charge in [-0.2, -0.15) is 0 Å². The summed E-state index contributed by atoms with van der Waals surface area (Å²) >= 11 is 0. The Morgan fingerprint density at radius 3 is 1.27 bits per heavy atom. The number of hydrogen-bond donors (Lipinski definition) is 0. The Kier molecular flexibility index (Phi) is 3.20. The molecule has 22 heavy (non-hydrogen) atoms. The summed E-state index contributed by atoms with van der Waals surface area (Å²) < 4.78 is 1.54. The van der Waals surface area contributed by atoms with E-state index in [9.17, 15) is 0 Å². The minimum Gasteiger partial charge on any atom is -0.298 e. The van der Waals surface area contributed by atoms with Crippen LogP contribution < -0.4 is 8.97 Å². The highest BCUT2D eigenvalue weighted by molar-refractivity contribution is 5.89. The fraction of sp³-hybridized carbons (Fsp3) is 0.333. The van der Waals surface area contributed by atoms with E-state index in [1.54, 1.807) is 0 Å². The Hall–Kier alpha value is -2.04. The second-order valence-electron chi connectivity index (χ2n) is 7.59. The Labute approximate surface area is 131 Å². The Balaban J connectivity index is 2.24. The lowest BCUT2D eigenvalue weighted by Crippen LogP contribution is -2.34. The molecule has 0 N–H and O–H groups in total. The molecule has 0 unspecified atom stereocenters. The smallest absolute Gasteiger partial charge is 0.134 e. The molecule has 2 aromatic carbocycles. The van der Waals surface area contributed by atoms with Crippen molar-refractivity contribution in [1.29, 1.82) is 0 Å². The van der Waals surface area contributed by atoms with E-state index < -0.39 is 0 Å². The molecule has 1 heterocycles. The fourth-order valence-electron chi connectivity index (χ4n) is 2.49. The maximum absolute atomic E-state index is 4.84. The summed E-state index contributed by atoms with van der Waals surface area (Å²) in [6.45, 7) is 0. The highest BCUT2D eigenvalue weighted by Crippen LogP contribution is 2.26. The normalized spacial score (nSPS) is 13.0. The molecule has 0 aliphatic carbocycles. The van der Waals surface area contributed by atoms with Crippen molar-refractivity contribution >= 4 is 33.4 Å². The molecule has 0 radical (unpaired) electrons. The molecular formula is C18H24N4+2. The molecule has 0 amide bonds. The number of rotatable bonds is 2. The maximum atomic E-state index is 4.84. The molecule has 3 rings (SSSR count). The van der Waals surface area contributed by atoms with Gasteiger partial charge in [0.15, 0.2) is 0 Å². The summed E-state index contributed by atoms with van der Waals surface area (Å²) in [5.74, 6) is 0. The van der Waals surface area contributed by atoms with E-state index in [4.69, 9.17) is 9.97 Å².